The molecule has 0 radical (unpaired) electrons. The van der Waals surface area contributed by atoms with Gasteiger partial charge in [0.05, 0.1) is 12.4 Å². The zero-order chi connectivity index (χ0) is 18.5. The Kier molecular flexibility index (Phi) is 5.96. The van der Waals surface area contributed by atoms with Crippen LogP contribution in [0.4, 0.5) is 0 Å². The summed E-state index contributed by atoms with van der Waals surface area (Å²) in [5, 5.41) is 3.56. The van der Waals surface area contributed by atoms with Gasteiger partial charge < -0.3 is 14.8 Å². The van der Waals surface area contributed by atoms with Gasteiger partial charge in [-0.3, -0.25) is 4.99 Å². The number of benzene rings is 1. The summed E-state index contributed by atoms with van der Waals surface area (Å²) in [4.78, 5) is 11.1. The Morgan fingerprint density at radius 3 is 2.88 bits per heavy atom. The fraction of sp³-hybridized carbons (Fsp3) is 0.524. The van der Waals surface area contributed by atoms with Crippen LogP contribution in [0.15, 0.2) is 41.9 Å². The van der Waals surface area contributed by atoms with Gasteiger partial charge in [-0.1, -0.05) is 30.7 Å². The zero-order valence-electron chi connectivity index (χ0n) is 16.4. The molecule has 1 fully saturated rings. The Morgan fingerprint density at radius 1 is 1.35 bits per heavy atom. The number of aromatic nitrogens is 2. The van der Waals surface area contributed by atoms with Gasteiger partial charge in [0.15, 0.2) is 5.96 Å². The van der Waals surface area contributed by atoms with Gasteiger partial charge in [-0.15, -0.1) is 0 Å². The first kappa shape index (κ1) is 18.5. The van der Waals surface area contributed by atoms with Crippen molar-refractivity contribution in [3.63, 3.8) is 0 Å². The number of aryl methyl sites for hydroxylation is 2. The summed E-state index contributed by atoms with van der Waals surface area (Å²) in [6.07, 6.45) is 8.05. The number of hydrogen-bond acceptors (Lipinski definition) is 2. The van der Waals surface area contributed by atoms with E-state index in [0.717, 1.165) is 32.0 Å². The third-order valence-electron chi connectivity index (χ3n) is 5.51. The first-order chi connectivity index (χ1) is 12.6. The van der Waals surface area contributed by atoms with E-state index < -0.39 is 0 Å². The molecule has 5 heteroatoms. The third-order valence-corrected chi connectivity index (χ3v) is 5.51. The number of hydrogen-bond donors (Lipinski definition) is 1. The minimum absolute atomic E-state index is 0.448. The van der Waals surface area contributed by atoms with E-state index in [1.807, 2.05) is 19.6 Å². The van der Waals surface area contributed by atoms with E-state index in [2.05, 4.69) is 69.9 Å². The fourth-order valence-corrected chi connectivity index (χ4v) is 3.86. The van der Waals surface area contributed by atoms with E-state index >= 15 is 0 Å². The molecule has 1 saturated heterocycles. The van der Waals surface area contributed by atoms with Crippen LogP contribution < -0.4 is 5.32 Å². The summed E-state index contributed by atoms with van der Waals surface area (Å²) in [5.74, 6) is 1.65. The van der Waals surface area contributed by atoms with Gasteiger partial charge in [0.25, 0.3) is 0 Å². The molecule has 0 spiro atoms. The normalized spacial score (nSPS) is 21.1. The Morgan fingerprint density at radius 2 is 2.19 bits per heavy atom. The third kappa shape index (κ3) is 4.26. The van der Waals surface area contributed by atoms with Crippen molar-refractivity contribution in [2.45, 2.75) is 39.7 Å². The smallest absolute Gasteiger partial charge is 0.193 e. The number of aliphatic imine (C=N–C) groups is 1. The van der Waals surface area contributed by atoms with E-state index in [-0.39, 0.29) is 0 Å². The summed E-state index contributed by atoms with van der Waals surface area (Å²) < 4.78 is 2.24. The van der Waals surface area contributed by atoms with Crippen LogP contribution >= 0.6 is 0 Å². The molecule has 0 aliphatic carbocycles. The van der Waals surface area contributed by atoms with Crippen molar-refractivity contribution in [2.75, 3.05) is 26.7 Å². The highest BCUT2D eigenvalue weighted by Crippen LogP contribution is 2.27. The van der Waals surface area contributed by atoms with Crippen molar-refractivity contribution in [1.82, 2.24) is 19.8 Å². The van der Waals surface area contributed by atoms with Crippen molar-refractivity contribution in [1.29, 1.82) is 0 Å². The maximum atomic E-state index is 4.53. The molecule has 2 heterocycles. The SMILES string of the molecule is CN=C(NCCc1ccc(C)cc1C)N1CCC(C)C(n2ccnc2)C1. The lowest BCUT2D eigenvalue weighted by Crippen LogP contribution is -2.49. The second kappa shape index (κ2) is 8.39. The highest BCUT2D eigenvalue weighted by Gasteiger charge is 2.28. The van der Waals surface area contributed by atoms with Gasteiger partial charge >= 0.3 is 0 Å². The maximum absolute atomic E-state index is 4.53. The number of imidazole rings is 1. The zero-order valence-corrected chi connectivity index (χ0v) is 16.4. The molecular formula is C21H31N5. The van der Waals surface area contributed by atoms with Crippen LogP contribution in [0.25, 0.3) is 0 Å². The topological polar surface area (TPSA) is 45.5 Å². The average molecular weight is 354 g/mol. The van der Waals surface area contributed by atoms with Gasteiger partial charge in [0, 0.05) is 39.1 Å². The molecule has 2 aromatic rings. The summed E-state index contributed by atoms with van der Waals surface area (Å²) in [6, 6.07) is 7.14. The molecule has 140 valence electrons. The molecule has 2 atom stereocenters. The van der Waals surface area contributed by atoms with Gasteiger partial charge in [0.2, 0.25) is 0 Å². The summed E-state index contributed by atoms with van der Waals surface area (Å²) in [6.45, 7) is 9.59. The molecule has 1 aliphatic heterocycles. The van der Waals surface area contributed by atoms with E-state index in [0.29, 0.717) is 12.0 Å². The van der Waals surface area contributed by atoms with Gasteiger partial charge in [-0.25, -0.2) is 4.98 Å². The molecular weight excluding hydrogens is 322 g/mol. The summed E-state index contributed by atoms with van der Waals surface area (Å²) in [5.41, 5.74) is 4.10. The van der Waals surface area contributed by atoms with Gasteiger partial charge in [0.1, 0.15) is 0 Å². The quantitative estimate of drug-likeness (QED) is 0.678. The van der Waals surface area contributed by atoms with E-state index in [1.165, 1.54) is 23.1 Å². The Bertz CT molecular complexity index is 735. The second-order valence-corrected chi connectivity index (χ2v) is 7.44. The molecule has 1 aromatic carbocycles. The van der Waals surface area contributed by atoms with Crippen molar-refractivity contribution in [3.05, 3.63) is 53.6 Å². The number of nitrogens with zero attached hydrogens (tertiary/aromatic N) is 4. The van der Waals surface area contributed by atoms with Crippen molar-refractivity contribution >= 4 is 5.96 Å². The predicted octanol–water partition coefficient (Wildman–Crippen LogP) is 3.20. The summed E-state index contributed by atoms with van der Waals surface area (Å²) >= 11 is 0. The number of nitrogens with one attached hydrogen (secondary N) is 1. The minimum atomic E-state index is 0.448. The predicted molar refractivity (Wildman–Crippen MR) is 108 cm³/mol. The lowest BCUT2D eigenvalue weighted by molar-refractivity contribution is 0.189. The van der Waals surface area contributed by atoms with Crippen LogP contribution in [-0.4, -0.2) is 47.1 Å². The molecule has 3 rings (SSSR count). The molecule has 26 heavy (non-hydrogen) atoms. The highest BCUT2D eigenvalue weighted by molar-refractivity contribution is 5.80. The van der Waals surface area contributed by atoms with E-state index in [1.54, 1.807) is 0 Å². The number of likely N-dealkylation sites (tertiary alicyclic amines) is 1. The fourth-order valence-electron chi connectivity index (χ4n) is 3.86. The molecule has 1 N–H and O–H groups in total. The molecule has 1 aliphatic rings. The molecule has 1 aromatic heterocycles. The lowest BCUT2D eigenvalue weighted by atomic mass is 9.93. The lowest BCUT2D eigenvalue weighted by Gasteiger charge is -2.39. The van der Waals surface area contributed by atoms with Crippen LogP contribution in [0, 0.1) is 19.8 Å². The first-order valence-electron chi connectivity index (χ1n) is 9.57. The highest BCUT2D eigenvalue weighted by atomic mass is 15.3. The van der Waals surface area contributed by atoms with Crippen LogP contribution in [0.3, 0.4) is 0 Å². The van der Waals surface area contributed by atoms with Crippen LogP contribution in [0.5, 0.6) is 0 Å². The number of guanidine groups is 1. The van der Waals surface area contributed by atoms with Crippen LogP contribution in [0.1, 0.15) is 36.1 Å². The van der Waals surface area contributed by atoms with E-state index in [4.69, 9.17) is 0 Å². The van der Waals surface area contributed by atoms with Crippen molar-refractivity contribution in [3.8, 4) is 0 Å². The van der Waals surface area contributed by atoms with Gasteiger partial charge in [-0.05, 0) is 43.7 Å². The van der Waals surface area contributed by atoms with Gasteiger partial charge in [-0.2, -0.15) is 0 Å². The first-order valence-corrected chi connectivity index (χ1v) is 9.57. The van der Waals surface area contributed by atoms with Crippen molar-refractivity contribution < 1.29 is 0 Å². The van der Waals surface area contributed by atoms with Crippen molar-refractivity contribution in [2.24, 2.45) is 10.9 Å². The van der Waals surface area contributed by atoms with E-state index in [9.17, 15) is 0 Å². The molecule has 0 saturated carbocycles. The number of rotatable bonds is 4. The second-order valence-electron chi connectivity index (χ2n) is 7.44. The molecule has 0 bridgehead atoms. The average Bonchev–Trinajstić information content (AvgIpc) is 3.15. The maximum Gasteiger partial charge on any atom is 0.193 e. The van der Waals surface area contributed by atoms with Crippen LogP contribution in [0.2, 0.25) is 0 Å². The molecule has 5 nitrogen and oxygen atoms in total. The largest absolute Gasteiger partial charge is 0.356 e. The van der Waals surface area contributed by atoms with Crippen LogP contribution in [-0.2, 0) is 6.42 Å². The Hall–Kier alpha value is -2.30. The molecule has 2 unspecified atom stereocenters. The standard InChI is InChI=1S/C21H31N5/c1-16-5-6-19(18(3)13-16)7-9-24-21(22-4)25-11-8-17(2)20(14-25)26-12-10-23-15-26/h5-6,10,12-13,15,17,20H,7-9,11,14H2,1-4H3,(H,22,24). The Balaban J connectivity index is 1.58. The monoisotopic (exact) mass is 353 g/mol. The number of piperidine rings is 1. The minimum Gasteiger partial charge on any atom is -0.356 e. The summed E-state index contributed by atoms with van der Waals surface area (Å²) in [7, 11) is 1.88. The Labute approximate surface area is 157 Å². The molecule has 0 amide bonds.